The highest BCUT2D eigenvalue weighted by atomic mass is 32.2. The summed E-state index contributed by atoms with van der Waals surface area (Å²) in [5.41, 5.74) is 0. The maximum absolute atomic E-state index is 10.9. The van der Waals surface area contributed by atoms with Gasteiger partial charge < -0.3 is 0 Å². The summed E-state index contributed by atoms with van der Waals surface area (Å²) in [5.74, 6) is 0.0606. The molecular weight excluding hydrogens is 154 g/mol. The van der Waals surface area contributed by atoms with Gasteiger partial charge in [0, 0.05) is 0 Å². The predicted octanol–water partition coefficient (Wildman–Crippen LogP) is -0.524. The molecule has 56 valence electrons. The van der Waals surface area contributed by atoms with Crippen molar-refractivity contribution in [2.24, 2.45) is 0 Å². The Hall–Kier alpha value is -0.910. The lowest BCUT2D eigenvalue weighted by Gasteiger charge is -1.96. The van der Waals surface area contributed by atoms with Crippen LogP contribution in [0.15, 0.2) is 12.7 Å². The van der Waals surface area contributed by atoms with Crippen LogP contribution in [0.4, 0.5) is 0 Å². The highest BCUT2D eigenvalue weighted by molar-refractivity contribution is 7.89. The average Bonchev–Trinajstić information content (AvgIpc) is 2.38. The van der Waals surface area contributed by atoms with Crippen molar-refractivity contribution < 1.29 is 8.42 Å². The van der Waals surface area contributed by atoms with Crippen molar-refractivity contribution in [2.75, 3.05) is 5.75 Å². The first-order valence-electron chi connectivity index (χ1n) is 2.74. The third-order valence-electron chi connectivity index (χ3n) is 1.08. The lowest BCUT2D eigenvalue weighted by atomic mass is 11.0. The molecule has 0 saturated carbocycles. The van der Waals surface area contributed by atoms with E-state index in [0.29, 0.717) is 0 Å². The summed E-state index contributed by atoms with van der Waals surface area (Å²) in [6.07, 6.45) is 2.33. The van der Waals surface area contributed by atoms with Crippen LogP contribution < -0.4 is 0 Å². The van der Waals surface area contributed by atoms with E-state index in [1.807, 2.05) is 0 Å². The molecule has 0 aromatic carbocycles. The van der Waals surface area contributed by atoms with Crippen molar-refractivity contribution in [3.8, 4) is 0 Å². The van der Waals surface area contributed by atoms with E-state index in [4.69, 9.17) is 0 Å². The minimum absolute atomic E-state index is 0.0606. The summed E-state index contributed by atoms with van der Waals surface area (Å²) in [6, 6.07) is 0. The third kappa shape index (κ3) is 1.15. The van der Waals surface area contributed by atoms with Gasteiger partial charge in [0.25, 0.3) is 0 Å². The molecule has 6 heteroatoms. The van der Waals surface area contributed by atoms with Crippen LogP contribution in [-0.4, -0.2) is 28.3 Å². The molecule has 1 heterocycles. The Bertz CT molecular complexity index is 288. The van der Waals surface area contributed by atoms with E-state index in [1.54, 1.807) is 6.92 Å². The molecule has 0 aliphatic rings. The van der Waals surface area contributed by atoms with Crippen molar-refractivity contribution in [3.05, 3.63) is 12.7 Å². The zero-order valence-corrected chi connectivity index (χ0v) is 6.24. The minimum Gasteiger partial charge on any atom is -0.214 e. The molecule has 1 aromatic rings. The monoisotopic (exact) mass is 161 g/mol. The maximum Gasteiger partial charge on any atom is 0.240 e. The zero-order valence-electron chi connectivity index (χ0n) is 5.43. The van der Waals surface area contributed by atoms with E-state index in [2.05, 4.69) is 10.2 Å². The van der Waals surface area contributed by atoms with Gasteiger partial charge in [-0.05, 0) is 6.92 Å². The fraction of sp³-hybridized carbons (Fsp3) is 0.500. The van der Waals surface area contributed by atoms with Crippen molar-refractivity contribution in [1.82, 2.24) is 14.2 Å². The molecule has 1 rings (SSSR count). The van der Waals surface area contributed by atoms with Crippen LogP contribution in [0.5, 0.6) is 0 Å². The van der Waals surface area contributed by atoms with Crippen molar-refractivity contribution in [2.45, 2.75) is 6.92 Å². The van der Waals surface area contributed by atoms with Crippen LogP contribution in [0.3, 0.4) is 0 Å². The van der Waals surface area contributed by atoms with Gasteiger partial charge in [0.1, 0.15) is 12.7 Å². The number of hydrogen-bond donors (Lipinski definition) is 0. The third-order valence-corrected chi connectivity index (χ3v) is 2.64. The normalized spacial score (nSPS) is 11.7. The lowest BCUT2D eigenvalue weighted by molar-refractivity contribution is 0.588. The van der Waals surface area contributed by atoms with Gasteiger partial charge in [0.15, 0.2) is 0 Å². The van der Waals surface area contributed by atoms with Gasteiger partial charge in [-0.2, -0.15) is 0 Å². The largest absolute Gasteiger partial charge is 0.240 e. The molecule has 0 bridgehead atoms. The van der Waals surface area contributed by atoms with Gasteiger partial charge in [-0.25, -0.2) is 12.4 Å². The van der Waals surface area contributed by atoms with E-state index >= 15 is 0 Å². The molecule has 1 aromatic heterocycles. The molecule has 0 atom stereocenters. The topological polar surface area (TPSA) is 64.8 Å². The van der Waals surface area contributed by atoms with Crippen molar-refractivity contribution in [3.63, 3.8) is 0 Å². The molecular formula is C4H7N3O2S. The number of nitrogens with zero attached hydrogens (tertiary/aromatic N) is 3. The number of rotatable bonds is 2. The molecule has 0 aliphatic heterocycles. The van der Waals surface area contributed by atoms with E-state index < -0.39 is 10.0 Å². The van der Waals surface area contributed by atoms with Crippen LogP contribution in [0.2, 0.25) is 0 Å². The zero-order chi connectivity index (χ0) is 7.61. The summed E-state index contributed by atoms with van der Waals surface area (Å²) in [4.78, 5) is 0. The summed E-state index contributed by atoms with van der Waals surface area (Å²) >= 11 is 0. The molecule has 0 spiro atoms. The Labute approximate surface area is 58.7 Å². The van der Waals surface area contributed by atoms with E-state index in [0.717, 1.165) is 3.97 Å². The molecule has 0 unspecified atom stereocenters. The van der Waals surface area contributed by atoms with Crippen LogP contribution in [0.25, 0.3) is 0 Å². The molecule has 0 radical (unpaired) electrons. The SMILES string of the molecule is CCS(=O)(=O)n1cnnc1. The Morgan fingerprint density at radius 2 is 1.90 bits per heavy atom. The van der Waals surface area contributed by atoms with Crippen LogP contribution in [0.1, 0.15) is 6.92 Å². The number of hydrogen-bond acceptors (Lipinski definition) is 4. The van der Waals surface area contributed by atoms with Gasteiger partial charge in [-0.1, -0.05) is 0 Å². The van der Waals surface area contributed by atoms with Crippen molar-refractivity contribution in [1.29, 1.82) is 0 Å². The molecule has 0 saturated heterocycles. The first-order chi connectivity index (χ1) is 4.67. The molecule has 0 aliphatic carbocycles. The second-order valence-electron chi connectivity index (χ2n) is 1.69. The van der Waals surface area contributed by atoms with Gasteiger partial charge in [0.05, 0.1) is 5.75 Å². The Balaban J connectivity index is 3.09. The van der Waals surface area contributed by atoms with E-state index in [-0.39, 0.29) is 5.75 Å². The Morgan fingerprint density at radius 3 is 2.30 bits per heavy atom. The summed E-state index contributed by atoms with van der Waals surface area (Å²) in [7, 11) is -3.16. The number of aromatic nitrogens is 3. The fourth-order valence-corrected chi connectivity index (χ4v) is 1.15. The van der Waals surface area contributed by atoms with Gasteiger partial charge in [0.2, 0.25) is 10.0 Å². The van der Waals surface area contributed by atoms with Gasteiger partial charge in [-0.15, -0.1) is 10.2 Å². The van der Waals surface area contributed by atoms with Crippen LogP contribution >= 0.6 is 0 Å². The van der Waals surface area contributed by atoms with Crippen LogP contribution in [0, 0.1) is 0 Å². The van der Waals surface area contributed by atoms with Crippen molar-refractivity contribution >= 4 is 10.0 Å². The second kappa shape index (κ2) is 2.37. The molecule has 0 amide bonds. The minimum atomic E-state index is -3.16. The standard InChI is InChI=1S/C4H7N3O2S/c1-2-10(8,9)7-3-5-6-4-7/h3-4H,2H2,1H3. The highest BCUT2D eigenvalue weighted by Crippen LogP contribution is 1.92. The average molecular weight is 161 g/mol. The first-order valence-corrected chi connectivity index (χ1v) is 4.35. The fourth-order valence-electron chi connectivity index (χ4n) is 0.484. The molecule has 0 fully saturated rings. The highest BCUT2D eigenvalue weighted by Gasteiger charge is 2.07. The summed E-state index contributed by atoms with van der Waals surface area (Å²) in [6.45, 7) is 1.56. The van der Waals surface area contributed by atoms with Crippen LogP contribution in [-0.2, 0) is 10.0 Å². The Morgan fingerprint density at radius 1 is 1.40 bits per heavy atom. The first kappa shape index (κ1) is 7.20. The second-order valence-corrected chi connectivity index (χ2v) is 3.86. The van der Waals surface area contributed by atoms with E-state index in [1.165, 1.54) is 12.7 Å². The molecule has 10 heavy (non-hydrogen) atoms. The summed E-state index contributed by atoms with van der Waals surface area (Å²) in [5, 5.41) is 6.74. The molecule has 5 nitrogen and oxygen atoms in total. The lowest BCUT2D eigenvalue weighted by Crippen LogP contribution is -2.12. The quantitative estimate of drug-likeness (QED) is 0.585. The van der Waals surface area contributed by atoms with Gasteiger partial charge in [-0.3, -0.25) is 0 Å². The van der Waals surface area contributed by atoms with E-state index in [9.17, 15) is 8.42 Å². The Kier molecular flexibility index (Phi) is 1.71. The molecule has 0 N–H and O–H groups in total. The smallest absolute Gasteiger partial charge is 0.214 e. The maximum atomic E-state index is 10.9. The van der Waals surface area contributed by atoms with Gasteiger partial charge >= 0.3 is 0 Å². The predicted molar refractivity (Wildman–Crippen MR) is 34.9 cm³/mol. The summed E-state index contributed by atoms with van der Waals surface area (Å²) < 4.78 is 22.9.